The second-order valence-electron chi connectivity index (χ2n) is 8.27. The molecule has 160 valence electrons. The van der Waals surface area contributed by atoms with Gasteiger partial charge in [0.2, 0.25) is 0 Å². The number of nitrogens with zero attached hydrogens (tertiary/aromatic N) is 5. The van der Waals surface area contributed by atoms with Crippen molar-refractivity contribution >= 4 is 32.6 Å². The number of aryl methyl sites for hydroxylation is 1. The minimum absolute atomic E-state index is 0.0762. The van der Waals surface area contributed by atoms with Crippen LogP contribution in [0, 0.1) is 6.92 Å². The van der Waals surface area contributed by atoms with Crippen molar-refractivity contribution in [3.05, 3.63) is 71.3 Å². The van der Waals surface area contributed by atoms with Gasteiger partial charge in [0, 0.05) is 12.2 Å². The molecule has 31 heavy (non-hydrogen) atoms. The Balaban J connectivity index is 1.83. The Kier molecular flexibility index (Phi) is 5.87. The summed E-state index contributed by atoms with van der Waals surface area (Å²) in [5.41, 5.74) is 4.35. The fraction of sp³-hybridized carbons (Fsp3) is 0.333. The van der Waals surface area contributed by atoms with E-state index in [1.165, 1.54) is 16.9 Å². The standard InChI is InChI=1S/C24H27N5OS/c1-15(2)19-10-8-11-21-22(19)26-24(31-21)28(14-18-9-6-7-12-25-18)23(30)20-13-17(5)27-29(20)16(3)4/h6-13,15-16H,14H2,1-5H3. The number of carbonyl (C=O) groups is 1. The van der Waals surface area contributed by atoms with Crippen molar-refractivity contribution in [2.24, 2.45) is 0 Å². The second-order valence-corrected chi connectivity index (χ2v) is 9.28. The molecular weight excluding hydrogens is 406 g/mol. The van der Waals surface area contributed by atoms with Crippen LogP contribution in [-0.4, -0.2) is 25.7 Å². The minimum Gasteiger partial charge on any atom is -0.277 e. The van der Waals surface area contributed by atoms with E-state index in [0.29, 0.717) is 23.3 Å². The molecule has 7 heteroatoms. The van der Waals surface area contributed by atoms with E-state index in [1.54, 1.807) is 15.8 Å². The number of rotatable bonds is 6. The highest BCUT2D eigenvalue weighted by Gasteiger charge is 2.27. The molecule has 4 rings (SSSR count). The molecule has 4 aromatic rings. The summed E-state index contributed by atoms with van der Waals surface area (Å²) in [6.07, 6.45) is 1.75. The van der Waals surface area contributed by atoms with Crippen LogP contribution in [0.15, 0.2) is 48.7 Å². The van der Waals surface area contributed by atoms with E-state index in [0.717, 1.165) is 21.6 Å². The van der Waals surface area contributed by atoms with E-state index in [4.69, 9.17) is 4.98 Å². The van der Waals surface area contributed by atoms with Crippen molar-refractivity contribution in [1.82, 2.24) is 19.7 Å². The maximum Gasteiger partial charge on any atom is 0.278 e. The average molecular weight is 434 g/mol. The number of anilines is 1. The van der Waals surface area contributed by atoms with E-state index in [9.17, 15) is 4.79 Å². The Morgan fingerprint density at radius 1 is 1.13 bits per heavy atom. The number of pyridine rings is 1. The lowest BCUT2D eigenvalue weighted by Crippen LogP contribution is -2.32. The number of thiazole rings is 1. The summed E-state index contributed by atoms with van der Waals surface area (Å²) in [6, 6.07) is 13.9. The van der Waals surface area contributed by atoms with Gasteiger partial charge in [-0.1, -0.05) is 43.4 Å². The van der Waals surface area contributed by atoms with Gasteiger partial charge in [-0.15, -0.1) is 0 Å². The van der Waals surface area contributed by atoms with Crippen molar-refractivity contribution in [3.63, 3.8) is 0 Å². The second kappa shape index (κ2) is 8.59. The number of para-hydroxylation sites is 1. The van der Waals surface area contributed by atoms with Gasteiger partial charge >= 0.3 is 0 Å². The first-order chi connectivity index (χ1) is 14.8. The molecule has 3 heterocycles. The monoisotopic (exact) mass is 433 g/mol. The molecule has 0 bridgehead atoms. The molecule has 1 amide bonds. The first kappa shape index (κ1) is 21.2. The van der Waals surface area contributed by atoms with E-state index in [-0.39, 0.29) is 11.9 Å². The van der Waals surface area contributed by atoms with Gasteiger partial charge in [0.1, 0.15) is 5.69 Å². The van der Waals surface area contributed by atoms with Crippen LogP contribution in [-0.2, 0) is 6.54 Å². The zero-order valence-corrected chi connectivity index (χ0v) is 19.3. The summed E-state index contributed by atoms with van der Waals surface area (Å²) in [7, 11) is 0. The molecule has 0 aliphatic rings. The quantitative estimate of drug-likeness (QED) is 0.388. The van der Waals surface area contributed by atoms with Crippen LogP contribution in [0.4, 0.5) is 5.13 Å². The van der Waals surface area contributed by atoms with Gasteiger partial charge in [-0.3, -0.25) is 19.4 Å². The van der Waals surface area contributed by atoms with Crippen LogP contribution in [0.1, 0.15) is 67.1 Å². The summed E-state index contributed by atoms with van der Waals surface area (Å²) in [6.45, 7) is 10.6. The van der Waals surface area contributed by atoms with Crippen molar-refractivity contribution in [2.75, 3.05) is 4.90 Å². The number of hydrogen-bond acceptors (Lipinski definition) is 5. The number of carbonyl (C=O) groups excluding carboxylic acids is 1. The van der Waals surface area contributed by atoms with Crippen LogP contribution < -0.4 is 4.90 Å². The molecule has 0 aliphatic carbocycles. The number of amides is 1. The maximum atomic E-state index is 13.8. The zero-order chi connectivity index (χ0) is 22.1. The van der Waals surface area contributed by atoms with Gasteiger partial charge in [-0.05, 0) is 56.5 Å². The van der Waals surface area contributed by atoms with E-state index in [1.807, 2.05) is 45.0 Å². The largest absolute Gasteiger partial charge is 0.278 e. The van der Waals surface area contributed by atoms with E-state index >= 15 is 0 Å². The molecule has 0 spiro atoms. The van der Waals surface area contributed by atoms with Crippen molar-refractivity contribution in [1.29, 1.82) is 0 Å². The summed E-state index contributed by atoms with van der Waals surface area (Å²) < 4.78 is 2.87. The number of aromatic nitrogens is 4. The van der Waals surface area contributed by atoms with Gasteiger partial charge < -0.3 is 0 Å². The predicted molar refractivity (Wildman–Crippen MR) is 126 cm³/mol. The third kappa shape index (κ3) is 4.23. The van der Waals surface area contributed by atoms with Crippen LogP contribution in [0.5, 0.6) is 0 Å². The first-order valence-corrected chi connectivity index (χ1v) is 11.3. The SMILES string of the molecule is Cc1cc(C(=O)N(Cc2ccccn2)c2nc3c(C(C)C)cccc3s2)n(C(C)C)n1. The third-order valence-corrected chi connectivity index (χ3v) is 6.19. The highest BCUT2D eigenvalue weighted by Crippen LogP contribution is 2.34. The third-order valence-electron chi connectivity index (χ3n) is 5.15. The average Bonchev–Trinajstić information content (AvgIpc) is 3.35. The predicted octanol–water partition coefficient (Wildman–Crippen LogP) is 5.75. The van der Waals surface area contributed by atoms with Crippen LogP contribution in [0.25, 0.3) is 10.2 Å². The van der Waals surface area contributed by atoms with Gasteiger partial charge in [-0.25, -0.2) is 4.98 Å². The van der Waals surface area contributed by atoms with Gasteiger partial charge in [0.15, 0.2) is 5.13 Å². The molecule has 0 saturated heterocycles. The fourth-order valence-electron chi connectivity index (χ4n) is 3.63. The number of hydrogen-bond donors (Lipinski definition) is 0. The normalized spacial score (nSPS) is 11.6. The summed E-state index contributed by atoms with van der Waals surface area (Å²) in [4.78, 5) is 24.9. The number of benzene rings is 1. The topological polar surface area (TPSA) is 63.9 Å². The highest BCUT2D eigenvalue weighted by molar-refractivity contribution is 7.22. The Morgan fingerprint density at radius 3 is 2.61 bits per heavy atom. The lowest BCUT2D eigenvalue weighted by Gasteiger charge is -2.21. The summed E-state index contributed by atoms with van der Waals surface area (Å²) in [5, 5.41) is 5.20. The van der Waals surface area contributed by atoms with E-state index in [2.05, 4.69) is 42.1 Å². The first-order valence-electron chi connectivity index (χ1n) is 10.5. The zero-order valence-electron chi connectivity index (χ0n) is 18.5. The molecule has 0 aliphatic heterocycles. The lowest BCUT2D eigenvalue weighted by atomic mass is 10.0. The highest BCUT2D eigenvalue weighted by atomic mass is 32.1. The van der Waals surface area contributed by atoms with Crippen molar-refractivity contribution < 1.29 is 4.79 Å². The van der Waals surface area contributed by atoms with Crippen molar-refractivity contribution in [2.45, 2.75) is 53.1 Å². The van der Waals surface area contributed by atoms with Gasteiger partial charge in [-0.2, -0.15) is 5.10 Å². The molecule has 0 saturated carbocycles. The lowest BCUT2D eigenvalue weighted by molar-refractivity contribution is 0.0972. The van der Waals surface area contributed by atoms with Gasteiger partial charge in [0.25, 0.3) is 5.91 Å². The summed E-state index contributed by atoms with van der Waals surface area (Å²) >= 11 is 1.54. The van der Waals surface area contributed by atoms with Crippen molar-refractivity contribution in [3.8, 4) is 0 Å². The Labute approximate surface area is 186 Å². The molecule has 0 atom stereocenters. The molecular formula is C24H27N5OS. The smallest absolute Gasteiger partial charge is 0.277 e. The minimum atomic E-state index is -0.120. The molecule has 0 radical (unpaired) electrons. The molecule has 3 aromatic heterocycles. The Bertz CT molecular complexity index is 1210. The van der Waals surface area contributed by atoms with Crippen LogP contribution in [0.3, 0.4) is 0 Å². The molecule has 1 aromatic carbocycles. The van der Waals surface area contributed by atoms with E-state index < -0.39 is 0 Å². The Morgan fingerprint density at radius 2 is 1.94 bits per heavy atom. The molecule has 0 fully saturated rings. The number of fused-ring (bicyclic) bond motifs is 1. The molecule has 0 N–H and O–H groups in total. The molecule has 6 nitrogen and oxygen atoms in total. The fourth-order valence-corrected chi connectivity index (χ4v) is 4.63. The van der Waals surface area contributed by atoms with Crippen LogP contribution >= 0.6 is 11.3 Å². The van der Waals surface area contributed by atoms with Crippen LogP contribution in [0.2, 0.25) is 0 Å². The maximum absolute atomic E-state index is 13.8. The summed E-state index contributed by atoms with van der Waals surface area (Å²) in [5.74, 6) is 0.230. The van der Waals surface area contributed by atoms with Gasteiger partial charge in [0.05, 0.1) is 28.1 Å². The molecule has 0 unspecified atom stereocenters. The Hall–Kier alpha value is -3.06.